The predicted octanol–water partition coefficient (Wildman–Crippen LogP) is -4.98. The minimum absolute atomic E-state index is 0.665. The fraction of sp³-hybridized carbons (Fsp3) is 0.889. The second kappa shape index (κ2) is 8.41. The number of carbonyl (C=O) groups is 1. The van der Waals surface area contributed by atoms with Crippen LogP contribution in [0.25, 0.3) is 0 Å². The molecule has 0 aromatic carbocycles. The molecule has 0 aromatic heterocycles. The van der Waals surface area contributed by atoms with E-state index < -0.39 is 63.1 Å². The Morgan fingerprint density at radius 3 is 2.13 bits per heavy atom. The fourth-order valence-electron chi connectivity index (χ4n) is 1.75. The molecule has 0 aliphatic carbocycles. The van der Waals surface area contributed by atoms with Gasteiger partial charge in [-0.25, -0.2) is 9.36 Å². The first-order valence-electron chi connectivity index (χ1n) is 6.05. The van der Waals surface area contributed by atoms with Gasteiger partial charge in [-0.2, -0.15) is 0 Å². The van der Waals surface area contributed by atoms with Gasteiger partial charge >= 0.3 is 13.8 Å². The summed E-state index contributed by atoms with van der Waals surface area (Å²) in [5.41, 5.74) is 5.51. The zero-order chi connectivity index (χ0) is 18.6. The number of rotatable bonds is 4. The number of nitrogens with two attached hydrogens (primary N) is 1. The molecule has 13 nitrogen and oxygen atoms in total. The third-order valence-electron chi connectivity index (χ3n) is 2.89. The van der Waals surface area contributed by atoms with Crippen molar-refractivity contribution in [3.63, 3.8) is 0 Å². The van der Waals surface area contributed by atoms with Crippen LogP contribution in [0.1, 0.15) is 6.42 Å². The molecular formula is C9H20NO12P. The van der Waals surface area contributed by atoms with Crippen LogP contribution in [0.2, 0.25) is 0 Å². The third-order valence-corrected chi connectivity index (χ3v) is 2.89. The number of aliphatic hydroxyl groups is 5. The maximum atomic E-state index is 10.8. The first-order valence-corrected chi connectivity index (χ1v) is 7.62. The molecule has 1 saturated heterocycles. The Morgan fingerprint density at radius 2 is 1.78 bits per heavy atom. The van der Waals surface area contributed by atoms with Gasteiger partial charge in [0.15, 0.2) is 0 Å². The molecule has 6 atom stereocenters. The van der Waals surface area contributed by atoms with E-state index in [0.717, 1.165) is 0 Å². The second-order valence-corrected chi connectivity index (χ2v) is 5.80. The Bertz CT molecular complexity index is 434. The summed E-state index contributed by atoms with van der Waals surface area (Å²) in [6, 6.07) is -1.21. The lowest BCUT2D eigenvalue weighted by Gasteiger charge is -2.43. The van der Waals surface area contributed by atoms with E-state index in [1.54, 1.807) is 0 Å². The Labute approximate surface area is 129 Å². The van der Waals surface area contributed by atoms with Gasteiger partial charge in [-0.05, 0) is 0 Å². The fourth-order valence-corrected chi connectivity index (χ4v) is 1.75. The average molecular weight is 365 g/mol. The SMILES string of the molecule is N[C@H]1[C@H]([C@H](O)[C@H](O)CO)O[C@](O)(C(=O)O)C[C@@H]1O.O=P(O)(O)O. The molecule has 1 heterocycles. The Hall–Kier alpha value is -0.700. The number of carboxylic acid groups (broad SMARTS) is 1. The van der Waals surface area contributed by atoms with E-state index in [2.05, 4.69) is 0 Å². The van der Waals surface area contributed by atoms with Gasteiger partial charge in [-0.15, -0.1) is 0 Å². The van der Waals surface area contributed by atoms with E-state index >= 15 is 0 Å². The van der Waals surface area contributed by atoms with Gasteiger partial charge in [0.25, 0.3) is 5.79 Å². The molecule has 0 bridgehead atoms. The number of carboxylic acids is 1. The summed E-state index contributed by atoms with van der Waals surface area (Å²) < 4.78 is 13.6. The van der Waals surface area contributed by atoms with Crippen LogP contribution in [-0.2, 0) is 14.1 Å². The number of hydrogen-bond donors (Lipinski definition) is 10. The number of hydrogen-bond acceptors (Lipinski definition) is 9. The molecule has 138 valence electrons. The number of phosphoric acid groups is 1. The molecule has 1 aliphatic rings. The summed E-state index contributed by atoms with van der Waals surface area (Å²) in [7, 11) is -4.64. The first-order chi connectivity index (χ1) is 10.2. The van der Waals surface area contributed by atoms with Crippen LogP contribution in [0, 0.1) is 0 Å². The van der Waals surface area contributed by atoms with Crippen molar-refractivity contribution in [3.05, 3.63) is 0 Å². The van der Waals surface area contributed by atoms with Gasteiger partial charge in [-0.3, -0.25) is 0 Å². The van der Waals surface area contributed by atoms with Crippen molar-refractivity contribution in [2.45, 2.75) is 42.7 Å². The van der Waals surface area contributed by atoms with E-state index in [9.17, 15) is 25.2 Å². The molecule has 23 heavy (non-hydrogen) atoms. The average Bonchev–Trinajstić information content (AvgIpc) is 2.39. The van der Waals surface area contributed by atoms with Crippen LogP contribution in [-0.4, -0.2) is 94.1 Å². The molecule has 0 amide bonds. The molecule has 0 radical (unpaired) electrons. The number of aliphatic carboxylic acids is 1. The molecule has 0 spiro atoms. The molecule has 11 N–H and O–H groups in total. The second-order valence-electron chi connectivity index (χ2n) is 4.77. The van der Waals surface area contributed by atoms with Crippen LogP contribution >= 0.6 is 7.82 Å². The molecule has 0 unspecified atom stereocenters. The van der Waals surface area contributed by atoms with Crippen molar-refractivity contribution in [2.75, 3.05) is 6.61 Å². The van der Waals surface area contributed by atoms with E-state index in [1.807, 2.05) is 0 Å². The lowest BCUT2D eigenvalue weighted by Crippen LogP contribution is -2.65. The normalized spacial score (nSPS) is 34.0. The van der Waals surface area contributed by atoms with Gasteiger partial charge < -0.3 is 55.8 Å². The highest BCUT2D eigenvalue weighted by atomic mass is 31.2. The predicted molar refractivity (Wildman–Crippen MR) is 69.4 cm³/mol. The summed E-state index contributed by atoms with van der Waals surface area (Å²) in [5, 5.41) is 55.5. The largest absolute Gasteiger partial charge is 0.477 e. The zero-order valence-corrected chi connectivity index (χ0v) is 12.5. The monoisotopic (exact) mass is 365 g/mol. The van der Waals surface area contributed by atoms with Crippen LogP contribution in [0.15, 0.2) is 0 Å². The summed E-state index contributed by atoms with van der Waals surface area (Å²) >= 11 is 0. The molecule has 1 fully saturated rings. The van der Waals surface area contributed by atoms with E-state index in [4.69, 9.17) is 39.9 Å². The minimum Gasteiger partial charge on any atom is -0.477 e. The van der Waals surface area contributed by atoms with Crippen LogP contribution in [0.3, 0.4) is 0 Å². The molecule has 1 rings (SSSR count). The topological polar surface area (TPSA) is 251 Å². The van der Waals surface area contributed by atoms with Crippen molar-refractivity contribution in [1.29, 1.82) is 0 Å². The van der Waals surface area contributed by atoms with Gasteiger partial charge in [0.05, 0.1) is 18.8 Å². The zero-order valence-electron chi connectivity index (χ0n) is 11.6. The Balaban J connectivity index is 0.000000841. The van der Waals surface area contributed by atoms with Crippen molar-refractivity contribution in [1.82, 2.24) is 0 Å². The highest BCUT2D eigenvalue weighted by Crippen LogP contribution is 2.29. The summed E-state index contributed by atoms with van der Waals surface area (Å²) in [5.74, 6) is -4.44. The molecule has 0 saturated carbocycles. The van der Waals surface area contributed by atoms with Gasteiger partial charge in [0, 0.05) is 6.42 Å². The molecular weight excluding hydrogens is 345 g/mol. The summed E-state index contributed by atoms with van der Waals surface area (Å²) in [6.07, 6.45) is -7.01. The summed E-state index contributed by atoms with van der Waals surface area (Å²) in [6.45, 7) is -0.810. The Morgan fingerprint density at radius 1 is 1.35 bits per heavy atom. The van der Waals surface area contributed by atoms with Crippen molar-refractivity contribution >= 4 is 13.8 Å². The van der Waals surface area contributed by atoms with Gasteiger partial charge in [0.2, 0.25) is 0 Å². The van der Waals surface area contributed by atoms with Crippen molar-refractivity contribution in [2.24, 2.45) is 5.73 Å². The standard InChI is InChI=1S/C9H17NO8.H3O4P/c10-5-3(12)1-9(17,8(15)16)18-7(5)6(14)4(13)2-11;1-5(2,3)4/h3-7,11-14,17H,1-2,10H2,(H,15,16);(H3,1,2,3,4)/t3-,4+,5+,6+,7+,9-;/m0./s1. The van der Waals surface area contributed by atoms with Crippen molar-refractivity contribution < 1.29 is 59.4 Å². The maximum Gasteiger partial charge on any atom is 0.466 e. The van der Waals surface area contributed by atoms with Gasteiger partial charge in [0.1, 0.15) is 18.3 Å². The van der Waals surface area contributed by atoms with E-state index in [0.29, 0.717) is 0 Å². The number of aliphatic hydroxyl groups excluding tert-OH is 4. The molecule has 14 heteroatoms. The Kier molecular flexibility index (Phi) is 8.16. The molecule has 0 aromatic rings. The molecule has 1 aliphatic heterocycles. The van der Waals surface area contributed by atoms with Crippen LogP contribution in [0.5, 0.6) is 0 Å². The van der Waals surface area contributed by atoms with Crippen LogP contribution in [0.4, 0.5) is 0 Å². The highest BCUT2D eigenvalue weighted by molar-refractivity contribution is 7.45. The van der Waals surface area contributed by atoms with Gasteiger partial charge in [-0.1, -0.05) is 0 Å². The third kappa shape index (κ3) is 7.15. The van der Waals surface area contributed by atoms with Crippen LogP contribution < -0.4 is 5.73 Å². The van der Waals surface area contributed by atoms with E-state index in [-0.39, 0.29) is 0 Å². The first kappa shape index (κ1) is 22.3. The van der Waals surface area contributed by atoms with E-state index in [1.165, 1.54) is 0 Å². The maximum absolute atomic E-state index is 10.8. The quantitative estimate of drug-likeness (QED) is 0.210. The minimum atomic E-state index is -4.64. The lowest BCUT2D eigenvalue weighted by atomic mass is 9.89. The van der Waals surface area contributed by atoms with Crippen molar-refractivity contribution in [3.8, 4) is 0 Å². The highest BCUT2D eigenvalue weighted by Gasteiger charge is 2.52. The number of ether oxygens (including phenoxy) is 1. The summed E-state index contributed by atoms with van der Waals surface area (Å²) in [4.78, 5) is 32.4. The smallest absolute Gasteiger partial charge is 0.466 e. The lowest BCUT2D eigenvalue weighted by molar-refractivity contribution is -0.292.